The molecule has 1 unspecified atom stereocenters. The Balaban J connectivity index is 2.30. The Bertz CT molecular complexity index is 439. The van der Waals surface area contributed by atoms with Crippen LogP contribution in [0.5, 0.6) is 11.5 Å². The maximum absolute atomic E-state index is 10.6. The summed E-state index contributed by atoms with van der Waals surface area (Å²) in [5.41, 5.74) is -1.45. The first-order valence-corrected chi connectivity index (χ1v) is 5.38. The number of ether oxygens (including phenoxy) is 2. The molecule has 2 rings (SSSR count). The fourth-order valence-electron chi connectivity index (χ4n) is 1.14. The van der Waals surface area contributed by atoms with Crippen LogP contribution in [0.1, 0.15) is 0 Å². The molecule has 0 saturated carbocycles. The van der Waals surface area contributed by atoms with Gasteiger partial charge in [0.25, 0.3) is 0 Å². The topological polar surface area (TPSA) is 75.7 Å². The highest BCUT2D eigenvalue weighted by Gasteiger charge is 2.25. The van der Waals surface area contributed by atoms with Crippen LogP contribution >= 0.6 is 0 Å². The van der Waals surface area contributed by atoms with E-state index in [1.54, 1.807) is 24.3 Å². The van der Waals surface area contributed by atoms with Gasteiger partial charge in [-0.2, -0.15) is 0 Å². The molecule has 0 fully saturated rings. The zero-order valence-electron chi connectivity index (χ0n) is 7.04. The standard InChI is InChI=1S/C8H8O5S/c9-14(10,11)8-5-12-6-3-1-2-4-7(6)13-8/h1-4,8H,5H2,(H,9,10,11)/p-1. The van der Waals surface area contributed by atoms with Gasteiger partial charge >= 0.3 is 0 Å². The largest absolute Gasteiger partial charge is 0.745 e. The minimum atomic E-state index is -4.47. The van der Waals surface area contributed by atoms with E-state index < -0.39 is 15.6 Å². The zero-order chi connectivity index (χ0) is 10.2. The molecule has 0 aromatic heterocycles. The lowest BCUT2D eigenvalue weighted by Crippen LogP contribution is -2.36. The van der Waals surface area contributed by atoms with Gasteiger partial charge in [-0.25, -0.2) is 8.42 Å². The molecule has 0 bridgehead atoms. The predicted octanol–water partition coefficient (Wildman–Crippen LogP) is 0.329. The van der Waals surface area contributed by atoms with Crippen LogP contribution in [0.15, 0.2) is 24.3 Å². The van der Waals surface area contributed by atoms with Crippen molar-refractivity contribution in [2.24, 2.45) is 0 Å². The number of benzene rings is 1. The molecule has 6 heteroatoms. The first-order valence-electron chi connectivity index (χ1n) is 3.90. The van der Waals surface area contributed by atoms with Crippen molar-refractivity contribution in [3.8, 4) is 11.5 Å². The van der Waals surface area contributed by atoms with Gasteiger partial charge < -0.3 is 14.0 Å². The highest BCUT2D eigenvalue weighted by atomic mass is 32.2. The van der Waals surface area contributed by atoms with Crippen LogP contribution < -0.4 is 9.47 Å². The third-order valence-corrected chi connectivity index (χ3v) is 2.68. The summed E-state index contributed by atoms with van der Waals surface area (Å²) in [4.78, 5) is 0. The maximum Gasteiger partial charge on any atom is 0.221 e. The van der Waals surface area contributed by atoms with Crippen molar-refractivity contribution in [1.82, 2.24) is 0 Å². The van der Waals surface area contributed by atoms with Gasteiger partial charge in [-0.05, 0) is 12.1 Å². The van der Waals surface area contributed by atoms with Crippen molar-refractivity contribution in [3.63, 3.8) is 0 Å². The van der Waals surface area contributed by atoms with Gasteiger partial charge in [0, 0.05) is 0 Å². The summed E-state index contributed by atoms with van der Waals surface area (Å²) in [5, 5.41) is 0. The van der Waals surface area contributed by atoms with E-state index in [-0.39, 0.29) is 12.4 Å². The van der Waals surface area contributed by atoms with Crippen LogP contribution in [-0.4, -0.2) is 25.0 Å². The summed E-state index contributed by atoms with van der Waals surface area (Å²) < 4.78 is 41.9. The number of hydrogen-bond acceptors (Lipinski definition) is 5. The van der Waals surface area contributed by atoms with Crippen LogP contribution in [0.2, 0.25) is 0 Å². The SMILES string of the molecule is O=S(=O)([O-])C1COc2ccccc2O1. The predicted molar refractivity (Wildman–Crippen MR) is 46.1 cm³/mol. The van der Waals surface area contributed by atoms with Crippen LogP contribution in [-0.2, 0) is 10.1 Å². The average Bonchev–Trinajstić information content (AvgIpc) is 2.16. The third kappa shape index (κ3) is 1.66. The smallest absolute Gasteiger partial charge is 0.221 e. The summed E-state index contributed by atoms with van der Waals surface area (Å²) in [6.07, 6.45) is 0. The molecule has 14 heavy (non-hydrogen) atoms. The molecule has 0 spiro atoms. The molecule has 76 valence electrons. The van der Waals surface area contributed by atoms with E-state index >= 15 is 0 Å². The molecular weight excluding hydrogens is 208 g/mol. The zero-order valence-corrected chi connectivity index (χ0v) is 7.86. The Morgan fingerprint density at radius 3 is 2.57 bits per heavy atom. The Morgan fingerprint density at radius 1 is 1.29 bits per heavy atom. The molecule has 1 aromatic rings. The summed E-state index contributed by atoms with van der Waals surface area (Å²) in [7, 11) is -4.47. The average molecular weight is 215 g/mol. The first kappa shape index (κ1) is 9.29. The summed E-state index contributed by atoms with van der Waals surface area (Å²) in [6.45, 7) is -0.261. The van der Waals surface area contributed by atoms with Gasteiger partial charge in [0.2, 0.25) is 5.44 Å². The molecule has 1 aliphatic heterocycles. The molecule has 1 aliphatic rings. The molecule has 0 aliphatic carbocycles. The van der Waals surface area contributed by atoms with Gasteiger partial charge in [0.1, 0.15) is 16.7 Å². The highest BCUT2D eigenvalue weighted by Crippen LogP contribution is 2.31. The second-order valence-electron chi connectivity index (χ2n) is 2.80. The van der Waals surface area contributed by atoms with Crippen molar-refractivity contribution in [2.75, 3.05) is 6.61 Å². The molecule has 1 heterocycles. The van der Waals surface area contributed by atoms with Crippen molar-refractivity contribution >= 4 is 10.1 Å². The Kier molecular flexibility index (Phi) is 2.09. The lowest BCUT2D eigenvalue weighted by molar-refractivity contribution is 0.134. The normalized spacial score (nSPS) is 20.5. The van der Waals surface area contributed by atoms with E-state index in [2.05, 4.69) is 0 Å². The molecule has 0 radical (unpaired) electrons. The monoisotopic (exact) mass is 215 g/mol. The highest BCUT2D eigenvalue weighted by molar-refractivity contribution is 7.86. The lowest BCUT2D eigenvalue weighted by Gasteiger charge is -2.27. The Hall–Kier alpha value is -1.27. The van der Waals surface area contributed by atoms with Crippen LogP contribution in [0.25, 0.3) is 0 Å². The second kappa shape index (κ2) is 3.14. The Labute approximate surface area is 81.0 Å². The van der Waals surface area contributed by atoms with Crippen LogP contribution in [0, 0.1) is 0 Å². The molecule has 0 saturated heterocycles. The summed E-state index contributed by atoms with van der Waals surface area (Å²) in [6, 6.07) is 6.59. The lowest BCUT2D eigenvalue weighted by atomic mass is 10.3. The van der Waals surface area contributed by atoms with Gasteiger partial charge in [-0.1, -0.05) is 12.1 Å². The van der Waals surface area contributed by atoms with E-state index in [1.807, 2.05) is 0 Å². The number of rotatable bonds is 1. The number of para-hydroxylation sites is 2. The molecule has 1 atom stereocenters. The van der Waals surface area contributed by atoms with E-state index in [0.717, 1.165) is 0 Å². The van der Waals surface area contributed by atoms with Crippen LogP contribution in [0.3, 0.4) is 0 Å². The fourth-order valence-corrected chi connectivity index (χ4v) is 1.60. The van der Waals surface area contributed by atoms with E-state index in [1.165, 1.54) is 0 Å². The minimum Gasteiger partial charge on any atom is -0.745 e. The molecule has 5 nitrogen and oxygen atoms in total. The fraction of sp³-hybridized carbons (Fsp3) is 0.250. The quantitative estimate of drug-likeness (QED) is 0.631. The molecular formula is C8H7O5S-. The number of fused-ring (bicyclic) bond motifs is 1. The summed E-state index contributed by atoms with van der Waals surface area (Å²) in [5.74, 6) is 0.732. The molecule has 0 N–H and O–H groups in total. The first-order chi connectivity index (χ1) is 6.57. The second-order valence-corrected chi connectivity index (χ2v) is 4.31. The van der Waals surface area contributed by atoms with Crippen molar-refractivity contribution < 1.29 is 22.4 Å². The van der Waals surface area contributed by atoms with Gasteiger partial charge in [0.05, 0.1) is 0 Å². The molecule has 0 amide bonds. The third-order valence-electron chi connectivity index (χ3n) is 1.80. The number of hydrogen-bond donors (Lipinski definition) is 0. The van der Waals surface area contributed by atoms with E-state index in [4.69, 9.17) is 9.47 Å². The minimum absolute atomic E-state index is 0.261. The summed E-state index contributed by atoms with van der Waals surface area (Å²) >= 11 is 0. The maximum atomic E-state index is 10.6. The van der Waals surface area contributed by atoms with Gasteiger partial charge in [0.15, 0.2) is 11.5 Å². The molecule has 1 aromatic carbocycles. The van der Waals surface area contributed by atoms with E-state index in [9.17, 15) is 13.0 Å². The van der Waals surface area contributed by atoms with E-state index in [0.29, 0.717) is 5.75 Å². The van der Waals surface area contributed by atoms with Crippen molar-refractivity contribution in [2.45, 2.75) is 5.44 Å². The van der Waals surface area contributed by atoms with Crippen molar-refractivity contribution in [3.05, 3.63) is 24.3 Å². The Morgan fingerprint density at radius 2 is 1.93 bits per heavy atom. The van der Waals surface area contributed by atoms with Crippen LogP contribution in [0.4, 0.5) is 0 Å². The van der Waals surface area contributed by atoms with Gasteiger partial charge in [-0.15, -0.1) is 0 Å². The van der Waals surface area contributed by atoms with Crippen molar-refractivity contribution in [1.29, 1.82) is 0 Å². The van der Waals surface area contributed by atoms with Gasteiger partial charge in [-0.3, -0.25) is 0 Å².